The monoisotopic (exact) mass is 890 g/mol. The van der Waals surface area contributed by atoms with Gasteiger partial charge in [-0.05, 0) is 114 Å². The van der Waals surface area contributed by atoms with Crippen LogP contribution in [0.15, 0.2) is 67.0 Å². The average molecular weight is 892 g/mol. The highest BCUT2D eigenvalue weighted by Gasteiger charge is 2.38. The Labute approximate surface area is 376 Å². The lowest BCUT2D eigenvalue weighted by Gasteiger charge is -2.35. The smallest absolute Gasteiger partial charge is 0.337 e. The number of aromatic nitrogens is 5. The van der Waals surface area contributed by atoms with E-state index in [2.05, 4.69) is 16.5 Å². The molecular weight excluding hydrogens is 839 g/mol. The van der Waals surface area contributed by atoms with Gasteiger partial charge in [0.15, 0.2) is 0 Å². The first-order valence-electron chi connectivity index (χ1n) is 21.3. The van der Waals surface area contributed by atoms with Crippen molar-refractivity contribution in [1.29, 1.82) is 0 Å². The van der Waals surface area contributed by atoms with E-state index in [1.54, 1.807) is 23.4 Å². The topological polar surface area (TPSA) is 126 Å². The molecule has 3 aromatic carbocycles. The van der Waals surface area contributed by atoms with Crippen LogP contribution in [0.5, 0.6) is 11.5 Å². The maximum absolute atomic E-state index is 15.7. The molecule has 5 heterocycles. The number of carboxylic acids is 1. The number of amides is 1. The third-order valence-electron chi connectivity index (χ3n) is 11.9. The van der Waals surface area contributed by atoms with Crippen molar-refractivity contribution in [3.8, 4) is 22.6 Å². The van der Waals surface area contributed by atoms with Crippen LogP contribution >= 0.6 is 23.2 Å². The van der Waals surface area contributed by atoms with E-state index in [9.17, 15) is 9.90 Å². The van der Waals surface area contributed by atoms with Crippen LogP contribution in [0.1, 0.15) is 87.9 Å². The summed E-state index contributed by atoms with van der Waals surface area (Å²) in [4.78, 5) is 34.9. The highest BCUT2D eigenvalue weighted by Crippen LogP contribution is 2.46. The van der Waals surface area contributed by atoms with Gasteiger partial charge in [-0.2, -0.15) is 5.10 Å². The number of pyridine rings is 1. The first-order valence-corrected chi connectivity index (χ1v) is 22.0. The number of hydrogen-bond acceptors (Lipinski definition) is 7. The van der Waals surface area contributed by atoms with Crippen LogP contribution in [-0.2, 0) is 24.8 Å². The van der Waals surface area contributed by atoms with Crippen LogP contribution in [0.2, 0.25) is 10.0 Å². The molecule has 0 bridgehead atoms. The molecule has 1 amide bonds. The summed E-state index contributed by atoms with van der Waals surface area (Å²) in [6, 6.07) is 16.8. The minimum Gasteiger partial charge on any atom is -0.494 e. The molecule has 1 unspecified atom stereocenters. The number of ether oxygens (including phenoxy) is 3. The maximum atomic E-state index is 15.7. The number of fused-ring (bicyclic) bond motifs is 4. The van der Waals surface area contributed by atoms with Gasteiger partial charge < -0.3 is 33.4 Å². The second-order valence-corrected chi connectivity index (χ2v) is 17.5. The van der Waals surface area contributed by atoms with E-state index in [1.165, 1.54) is 0 Å². The first kappa shape index (κ1) is 43.8. The van der Waals surface area contributed by atoms with Gasteiger partial charge in [0.1, 0.15) is 23.8 Å². The van der Waals surface area contributed by atoms with Crippen LogP contribution in [0.4, 0.5) is 5.69 Å². The number of carboxylic acid groups (broad SMARTS) is 1. The molecule has 1 N–H and O–H groups in total. The largest absolute Gasteiger partial charge is 0.494 e. The fraction of sp³-hybridized carbons (Fsp3) is 0.347. The zero-order valence-corrected chi connectivity index (χ0v) is 38.4. The summed E-state index contributed by atoms with van der Waals surface area (Å²) in [6.07, 6.45) is 4.47. The van der Waals surface area contributed by atoms with Gasteiger partial charge in [-0.25, -0.2) is 4.79 Å². The van der Waals surface area contributed by atoms with Crippen molar-refractivity contribution in [2.24, 2.45) is 7.05 Å². The molecule has 14 heteroatoms. The molecule has 0 spiro atoms. The number of carbonyl (C=O) groups excluding carboxylic acids is 1. The Morgan fingerprint density at radius 2 is 1.65 bits per heavy atom. The molecule has 8 rings (SSSR count). The van der Waals surface area contributed by atoms with Gasteiger partial charge >= 0.3 is 5.97 Å². The Bertz CT molecular complexity index is 2870. The van der Waals surface area contributed by atoms with Gasteiger partial charge in [-0.15, -0.1) is 0 Å². The molecule has 12 nitrogen and oxygen atoms in total. The standard InChI is InChI=1S/C49H52Cl2N6O6/c1-27(2)61-18-19-63-35-22-38-39(49(59)60)26-55(25-33-12-9-10-16-52-33)45(38)41(23-35)56-24-30(5)57-46-37(14-15-40(50)43(46)42-31(6)53-54(8)32(42)7)36(47(57)48(56)58)13-11-17-62-34-20-28(3)44(51)29(4)21-34/h9-10,12,14-16,20-23,26-27,30H,11,13,17-19,24-25H2,1-8H3,(H,59,60). The van der Waals surface area contributed by atoms with Crippen LogP contribution < -0.4 is 14.4 Å². The zero-order valence-electron chi connectivity index (χ0n) is 36.9. The second kappa shape index (κ2) is 17.7. The first-order chi connectivity index (χ1) is 30.1. The fourth-order valence-electron chi connectivity index (χ4n) is 9.02. The summed E-state index contributed by atoms with van der Waals surface area (Å²) < 4.78 is 24.2. The second-order valence-electron chi connectivity index (χ2n) is 16.7. The number of aromatic carboxylic acids is 1. The average Bonchev–Trinajstić information content (AvgIpc) is 3.86. The Morgan fingerprint density at radius 3 is 2.32 bits per heavy atom. The number of rotatable bonds is 15. The molecule has 0 radical (unpaired) electrons. The number of benzene rings is 3. The Kier molecular flexibility index (Phi) is 12.3. The lowest BCUT2D eigenvalue weighted by molar-refractivity contribution is 0.0553. The van der Waals surface area contributed by atoms with E-state index in [4.69, 9.17) is 42.5 Å². The number of anilines is 1. The minimum atomic E-state index is -1.09. The minimum absolute atomic E-state index is 0.0121. The van der Waals surface area contributed by atoms with Crippen LogP contribution in [-0.4, -0.2) is 73.4 Å². The molecule has 1 atom stereocenters. The number of hydrogen-bond donors (Lipinski definition) is 1. The van der Waals surface area contributed by atoms with Crippen molar-refractivity contribution in [2.45, 2.75) is 80.0 Å². The zero-order chi connectivity index (χ0) is 44.9. The van der Waals surface area contributed by atoms with Gasteiger partial charge in [0, 0.05) is 70.7 Å². The molecule has 0 aliphatic carbocycles. The van der Waals surface area contributed by atoms with Gasteiger partial charge in [-0.1, -0.05) is 35.3 Å². The molecular formula is C49H52Cl2N6O6. The van der Waals surface area contributed by atoms with E-state index < -0.39 is 5.97 Å². The summed E-state index contributed by atoms with van der Waals surface area (Å²) in [5.41, 5.74) is 9.67. The third-order valence-corrected chi connectivity index (χ3v) is 12.8. The predicted octanol–water partition coefficient (Wildman–Crippen LogP) is 10.7. The molecule has 1 aliphatic heterocycles. The summed E-state index contributed by atoms with van der Waals surface area (Å²) in [5.74, 6) is -0.156. The van der Waals surface area contributed by atoms with Crippen LogP contribution in [0.25, 0.3) is 32.9 Å². The quantitative estimate of drug-likeness (QED) is 0.101. The molecule has 0 saturated heterocycles. The fourth-order valence-corrected chi connectivity index (χ4v) is 9.38. The number of halogens is 2. The van der Waals surface area contributed by atoms with Crippen molar-refractivity contribution in [2.75, 3.05) is 31.3 Å². The molecule has 63 heavy (non-hydrogen) atoms. The van der Waals surface area contributed by atoms with Gasteiger partial charge in [0.25, 0.3) is 5.91 Å². The summed E-state index contributed by atoms with van der Waals surface area (Å²) in [7, 11) is 1.92. The predicted molar refractivity (Wildman–Crippen MR) is 249 cm³/mol. The van der Waals surface area contributed by atoms with E-state index in [-0.39, 0.29) is 43.3 Å². The van der Waals surface area contributed by atoms with E-state index in [0.29, 0.717) is 59.1 Å². The van der Waals surface area contributed by atoms with Gasteiger partial charge in [0.2, 0.25) is 0 Å². The number of carbonyl (C=O) groups is 2. The summed E-state index contributed by atoms with van der Waals surface area (Å²) >= 11 is 13.7. The van der Waals surface area contributed by atoms with Crippen molar-refractivity contribution in [1.82, 2.24) is 23.9 Å². The number of nitrogens with zero attached hydrogens (tertiary/aromatic N) is 6. The highest BCUT2D eigenvalue weighted by molar-refractivity contribution is 6.35. The maximum Gasteiger partial charge on any atom is 0.337 e. The molecule has 1 aliphatic rings. The molecule has 7 aromatic rings. The SMILES string of the molecule is Cc1cc(OCCCc2c3n(c4c(-c5c(C)nn(C)c5C)c(Cl)ccc24)C(C)CN(c2cc(OCCOC(C)C)cc4c(C(=O)O)cn(Cc5ccccn5)c24)C3=O)cc(C)c1Cl. The van der Waals surface area contributed by atoms with Crippen molar-refractivity contribution >= 4 is 62.6 Å². The lowest BCUT2D eigenvalue weighted by Crippen LogP contribution is -2.43. The Morgan fingerprint density at radius 1 is 0.921 bits per heavy atom. The lowest BCUT2D eigenvalue weighted by atomic mass is 9.98. The van der Waals surface area contributed by atoms with Crippen molar-refractivity contribution < 1.29 is 28.9 Å². The normalized spacial score (nSPS) is 14.0. The van der Waals surface area contributed by atoms with E-state index >= 15 is 4.79 Å². The third kappa shape index (κ3) is 8.27. The van der Waals surface area contributed by atoms with E-state index in [1.807, 2.05) is 106 Å². The Hall–Kier alpha value is -5.82. The van der Waals surface area contributed by atoms with Crippen LogP contribution in [0.3, 0.4) is 0 Å². The Balaban J connectivity index is 1.30. The highest BCUT2D eigenvalue weighted by atomic mass is 35.5. The number of aryl methyl sites for hydroxylation is 5. The molecule has 4 aromatic heterocycles. The van der Waals surface area contributed by atoms with Gasteiger partial charge in [-0.3, -0.25) is 14.5 Å². The molecule has 328 valence electrons. The molecule has 0 fully saturated rings. The van der Waals surface area contributed by atoms with Gasteiger partial charge in [0.05, 0.1) is 64.6 Å². The molecule has 0 saturated carbocycles. The van der Waals surface area contributed by atoms with Crippen molar-refractivity contribution in [3.05, 3.63) is 122 Å². The summed E-state index contributed by atoms with van der Waals surface area (Å²) in [6.45, 7) is 15.5. The summed E-state index contributed by atoms with van der Waals surface area (Å²) in [5, 5.41) is 18.0. The van der Waals surface area contributed by atoms with E-state index in [0.717, 1.165) is 66.6 Å². The van der Waals surface area contributed by atoms with Crippen molar-refractivity contribution in [3.63, 3.8) is 0 Å². The van der Waals surface area contributed by atoms with Crippen LogP contribution in [0, 0.1) is 27.7 Å².